The fraction of sp³-hybridized carbons (Fsp3) is 0.273. The SMILES string of the molecule is COC(=O)c1c(C)nc2cc(OC(F)F)ccn12. The summed E-state index contributed by atoms with van der Waals surface area (Å²) in [7, 11) is 1.26. The molecule has 2 rings (SSSR count). The van der Waals surface area contributed by atoms with Gasteiger partial charge in [-0.2, -0.15) is 8.78 Å². The molecule has 0 atom stereocenters. The van der Waals surface area contributed by atoms with Crippen LogP contribution in [0.4, 0.5) is 8.78 Å². The highest BCUT2D eigenvalue weighted by Gasteiger charge is 2.17. The van der Waals surface area contributed by atoms with Crippen molar-refractivity contribution in [3.05, 3.63) is 29.7 Å². The average Bonchev–Trinajstić information content (AvgIpc) is 2.62. The number of methoxy groups -OCH3 is 1. The van der Waals surface area contributed by atoms with Gasteiger partial charge in [0.1, 0.15) is 11.4 Å². The van der Waals surface area contributed by atoms with Gasteiger partial charge in [0.2, 0.25) is 0 Å². The lowest BCUT2D eigenvalue weighted by molar-refractivity contribution is -0.0498. The first-order chi connectivity index (χ1) is 8.52. The highest BCUT2D eigenvalue weighted by Crippen LogP contribution is 2.19. The molecule has 2 aromatic rings. The molecule has 18 heavy (non-hydrogen) atoms. The third-order valence-electron chi connectivity index (χ3n) is 2.38. The summed E-state index contributed by atoms with van der Waals surface area (Å²) < 4.78 is 34.5. The summed E-state index contributed by atoms with van der Waals surface area (Å²) in [6, 6.07) is 2.65. The van der Waals surface area contributed by atoms with Crippen LogP contribution in [-0.4, -0.2) is 29.1 Å². The van der Waals surface area contributed by atoms with Gasteiger partial charge >= 0.3 is 12.6 Å². The fourth-order valence-corrected chi connectivity index (χ4v) is 1.66. The molecule has 0 unspecified atom stereocenters. The molecule has 0 spiro atoms. The van der Waals surface area contributed by atoms with Crippen molar-refractivity contribution in [2.24, 2.45) is 0 Å². The van der Waals surface area contributed by atoms with Crippen LogP contribution >= 0.6 is 0 Å². The second kappa shape index (κ2) is 4.59. The predicted octanol–water partition coefficient (Wildman–Crippen LogP) is 2.03. The largest absolute Gasteiger partial charge is 0.464 e. The van der Waals surface area contributed by atoms with Crippen molar-refractivity contribution < 1.29 is 23.0 Å². The Morgan fingerprint density at radius 2 is 2.22 bits per heavy atom. The maximum Gasteiger partial charge on any atom is 0.387 e. The maximum atomic E-state index is 12.1. The number of nitrogens with zero attached hydrogens (tertiary/aromatic N) is 2. The lowest BCUT2D eigenvalue weighted by Gasteiger charge is -2.05. The summed E-state index contributed by atoms with van der Waals surface area (Å²) >= 11 is 0. The monoisotopic (exact) mass is 256 g/mol. The summed E-state index contributed by atoms with van der Waals surface area (Å²) in [5.74, 6) is -0.554. The van der Waals surface area contributed by atoms with Crippen LogP contribution in [0.1, 0.15) is 16.2 Å². The van der Waals surface area contributed by atoms with Gasteiger partial charge in [0.15, 0.2) is 5.69 Å². The van der Waals surface area contributed by atoms with Gasteiger partial charge in [-0.15, -0.1) is 0 Å². The number of halogens is 2. The van der Waals surface area contributed by atoms with E-state index in [1.165, 1.54) is 29.8 Å². The van der Waals surface area contributed by atoms with E-state index < -0.39 is 12.6 Å². The number of carbonyl (C=O) groups is 1. The molecule has 0 aliphatic heterocycles. The number of esters is 1. The number of fused-ring (bicyclic) bond motifs is 1. The van der Waals surface area contributed by atoms with E-state index >= 15 is 0 Å². The first-order valence-electron chi connectivity index (χ1n) is 5.04. The summed E-state index contributed by atoms with van der Waals surface area (Å²) in [6.45, 7) is -1.27. The number of hydrogen-bond donors (Lipinski definition) is 0. The summed E-state index contributed by atoms with van der Waals surface area (Å²) in [6.07, 6.45) is 1.43. The Balaban J connectivity index is 2.51. The second-order valence-corrected chi connectivity index (χ2v) is 3.51. The number of alkyl halides is 2. The molecule has 0 radical (unpaired) electrons. The van der Waals surface area contributed by atoms with Crippen molar-refractivity contribution in [2.45, 2.75) is 13.5 Å². The van der Waals surface area contributed by atoms with Crippen LogP contribution in [0.25, 0.3) is 5.65 Å². The lowest BCUT2D eigenvalue weighted by atomic mass is 10.3. The molecular weight excluding hydrogens is 246 g/mol. The Hall–Kier alpha value is -2.18. The van der Waals surface area contributed by atoms with Crippen molar-refractivity contribution in [3.8, 4) is 5.75 Å². The van der Waals surface area contributed by atoms with Crippen LogP contribution in [0, 0.1) is 6.92 Å². The minimum absolute atomic E-state index is 0.0149. The molecule has 0 saturated heterocycles. The summed E-state index contributed by atoms with van der Waals surface area (Å²) in [4.78, 5) is 15.6. The summed E-state index contributed by atoms with van der Waals surface area (Å²) in [5, 5.41) is 0. The first-order valence-corrected chi connectivity index (χ1v) is 5.04. The number of hydrogen-bond acceptors (Lipinski definition) is 4. The molecule has 2 aromatic heterocycles. The third kappa shape index (κ3) is 2.11. The Morgan fingerprint density at radius 3 is 2.83 bits per heavy atom. The standard InChI is InChI=1S/C11H10F2N2O3/c1-6-9(10(16)17-2)15-4-3-7(18-11(12)13)5-8(15)14-6/h3-5,11H,1-2H3. The maximum absolute atomic E-state index is 12.1. The average molecular weight is 256 g/mol. The van der Waals surface area contributed by atoms with E-state index in [1.807, 2.05) is 0 Å². The highest BCUT2D eigenvalue weighted by molar-refractivity contribution is 5.90. The molecule has 7 heteroatoms. The van der Waals surface area contributed by atoms with Crippen molar-refractivity contribution >= 4 is 11.6 Å². The normalized spacial score (nSPS) is 10.9. The van der Waals surface area contributed by atoms with Gasteiger partial charge in [-0.25, -0.2) is 9.78 Å². The van der Waals surface area contributed by atoms with E-state index in [4.69, 9.17) is 0 Å². The molecular formula is C11H10F2N2O3. The van der Waals surface area contributed by atoms with Gasteiger partial charge in [-0.05, 0) is 13.0 Å². The Kier molecular flexibility index (Phi) is 3.14. The van der Waals surface area contributed by atoms with E-state index in [0.717, 1.165) is 0 Å². The smallest absolute Gasteiger partial charge is 0.387 e. The van der Waals surface area contributed by atoms with Crippen LogP contribution in [0.3, 0.4) is 0 Å². The van der Waals surface area contributed by atoms with E-state index in [2.05, 4.69) is 14.5 Å². The zero-order valence-corrected chi connectivity index (χ0v) is 9.68. The fourth-order valence-electron chi connectivity index (χ4n) is 1.66. The minimum atomic E-state index is -2.90. The van der Waals surface area contributed by atoms with E-state index in [9.17, 15) is 13.6 Å². The minimum Gasteiger partial charge on any atom is -0.464 e. The van der Waals surface area contributed by atoms with Gasteiger partial charge in [0.05, 0.1) is 12.8 Å². The molecule has 0 amide bonds. The first kappa shape index (κ1) is 12.3. The Labute approximate surface area is 101 Å². The molecule has 0 N–H and O–H groups in total. The molecule has 0 fully saturated rings. The molecule has 96 valence electrons. The van der Waals surface area contributed by atoms with Gasteiger partial charge in [0.25, 0.3) is 0 Å². The number of aryl methyl sites for hydroxylation is 1. The predicted molar refractivity (Wildman–Crippen MR) is 57.9 cm³/mol. The van der Waals surface area contributed by atoms with Crippen molar-refractivity contribution in [2.75, 3.05) is 7.11 Å². The van der Waals surface area contributed by atoms with Gasteiger partial charge in [-0.3, -0.25) is 4.40 Å². The Morgan fingerprint density at radius 1 is 1.50 bits per heavy atom. The van der Waals surface area contributed by atoms with E-state index in [1.54, 1.807) is 6.92 Å². The highest BCUT2D eigenvalue weighted by atomic mass is 19.3. The van der Waals surface area contributed by atoms with Crippen LogP contribution in [0.5, 0.6) is 5.75 Å². The third-order valence-corrected chi connectivity index (χ3v) is 2.38. The molecule has 0 bridgehead atoms. The Bertz CT molecular complexity index is 595. The van der Waals surface area contributed by atoms with Crippen LogP contribution in [0.2, 0.25) is 0 Å². The summed E-state index contributed by atoms with van der Waals surface area (Å²) in [5.41, 5.74) is 1.05. The topological polar surface area (TPSA) is 52.8 Å². The number of carbonyl (C=O) groups excluding carboxylic acids is 1. The zero-order valence-electron chi connectivity index (χ0n) is 9.68. The van der Waals surface area contributed by atoms with Crippen molar-refractivity contribution in [3.63, 3.8) is 0 Å². The van der Waals surface area contributed by atoms with Crippen LogP contribution in [0.15, 0.2) is 18.3 Å². The molecule has 0 aliphatic rings. The quantitative estimate of drug-likeness (QED) is 0.788. The number of ether oxygens (including phenoxy) is 2. The van der Waals surface area contributed by atoms with Gasteiger partial charge < -0.3 is 9.47 Å². The van der Waals surface area contributed by atoms with Crippen LogP contribution in [-0.2, 0) is 4.74 Å². The molecule has 0 saturated carbocycles. The van der Waals surface area contributed by atoms with Gasteiger partial charge in [0, 0.05) is 12.3 Å². The number of rotatable bonds is 3. The van der Waals surface area contributed by atoms with Crippen molar-refractivity contribution in [1.29, 1.82) is 0 Å². The zero-order chi connectivity index (χ0) is 13.3. The lowest BCUT2D eigenvalue weighted by Crippen LogP contribution is -2.07. The number of imidazole rings is 1. The molecule has 2 heterocycles. The molecule has 5 nitrogen and oxygen atoms in total. The number of pyridine rings is 1. The number of aromatic nitrogens is 2. The van der Waals surface area contributed by atoms with E-state index in [0.29, 0.717) is 11.3 Å². The van der Waals surface area contributed by atoms with Crippen molar-refractivity contribution in [1.82, 2.24) is 9.38 Å². The second-order valence-electron chi connectivity index (χ2n) is 3.51. The van der Waals surface area contributed by atoms with Crippen LogP contribution < -0.4 is 4.74 Å². The molecule has 0 aliphatic carbocycles. The molecule has 0 aromatic carbocycles. The van der Waals surface area contributed by atoms with E-state index in [-0.39, 0.29) is 11.4 Å². The van der Waals surface area contributed by atoms with Gasteiger partial charge in [-0.1, -0.05) is 0 Å².